The lowest BCUT2D eigenvalue weighted by Crippen LogP contribution is -2.27. The zero-order chi connectivity index (χ0) is 18.7. The molecule has 134 valence electrons. The van der Waals surface area contributed by atoms with Gasteiger partial charge in [0.25, 0.3) is 0 Å². The summed E-state index contributed by atoms with van der Waals surface area (Å²) in [6, 6.07) is 15.9. The Labute approximate surface area is 150 Å². The number of carbonyl (C=O) groups is 1. The molecule has 0 spiro atoms. The average molecular weight is 341 g/mol. The van der Waals surface area contributed by atoms with E-state index in [2.05, 4.69) is 31.3 Å². The highest BCUT2D eigenvalue weighted by Gasteiger charge is 2.24. The minimum atomic E-state index is -0.526. The second kappa shape index (κ2) is 7.18. The Morgan fingerprint density at radius 1 is 0.920 bits per heavy atom. The van der Waals surface area contributed by atoms with Gasteiger partial charge in [0.1, 0.15) is 11.4 Å². The molecule has 0 aliphatic rings. The molecule has 0 unspecified atom stereocenters. The molecule has 4 heteroatoms. The Kier molecular flexibility index (Phi) is 5.41. The summed E-state index contributed by atoms with van der Waals surface area (Å²) in [7, 11) is 1.66. The van der Waals surface area contributed by atoms with E-state index in [9.17, 15) is 4.79 Å². The highest BCUT2D eigenvalue weighted by Crippen LogP contribution is 2.34. The molecular formula is C21H27NO3. The van der Waals surface area contributed by atoms with Crippen molar-refractivity contribution >= 4 is 11.8 Å². The number of anilines is 1. The summed E-state index contributed by atoms with van der Waals surface area (Å²) in [6.07, 6.45) is -0.455. The third-order valence-corrected chi connectivity index (χ3v) is 4.02. The number of hydrogen-bond donors (Lipinski definition) is 1. The Bertz CT molecular complexity index is 745. The molecule has 1 N–H and O–H groups in total. The predicted molar refractivity (Wildman–Crippen MR) is 101 cm³/mol. The number of rotatable bonds is 4. The second-order valence-corrected chi connectivity index (χ2v) is 7.56. The Hall–Kier alpha value is -2.49. The van der Waals surface area contributed by atoms with Crippen LogP contribution in [0, 0.1) is 0 Å². The van der Waals surface area contributed by atoms with Gasteiger partial charge >= 0.3 is 6.09 Å². The standard InChI is InChI=1S/C21H27NO3/c1-20(2,3)25-19(23)22-17-11-7-9-15(13-17)21(4,5)16-10-8-12-18(14-16)24-6/h7-14H,1-6H3,(H,22,23). The molecule has 0 fully saturated rings. The van der Waals surface area contributed by atoms with Crippen LogP contribution in [0.4, 0.5) is 10.5 Å². The van der Waals surface area contributed by atoms with Crippen LogP contribution in [0.15, 0.2) is 48.5 Å². The zero-order valence-corrected chi connectivity index (χ0v) is 15.8. The molecule has 1 amide bonds. The molecule has 2 aromatic rings. The first-order valence-electron chi connectivity index (χ1n) is 8.37. The van der Waals surface area contributed by atoms with Gasteiger partial charge in [0.05, 0.1) is 7.11 Å². The van der Waals surface area contributed by atoms with Crippen molar-refractivity contribution < 1.29 is 14.3 Å². The summed E-state index contributed by atoms with van der Waals surface area (Å²) in [5, 5.41) is 2.80. The minimum Gasteiger partial charge on any atom is -0.497 e. The number of amides is 1. The molecule has 0 aromatic heterocycles. The molecule has 0 radical (unpaired) electrons. The largest absolute Gasteiger partial charge is 0.497 e. The van der Waals surface area contributed by atoms with E-state index in [-0.39, 0.29) is 5.41 Å². The maximum Gasteiger partial charge on any atom is 0.412 e. The highest BCUT2D eigenvalue weighted by atomic mass is 16.6. The molecule has 0 bridgehead atoms. The molecular weight excluding hydrogens is 314 g/mol. The van der Waals surface area contributed by atoms with Crippen molar-refractivity contribution in [1.82, 2.24) is 0 Å². The molecule has 0 aliphatic carbocycles. The van der Waals surface area contributed by atoms with Gasteiger partial charge in [-0.2, -0.15) is 0 Å². The molecule has 0 heterocycles. The van der Waals surface area contributed by atoms with E-state index in [1.165, 1.54) is 0 Å². The first kappa shape index (κ1) is 18.8. The van der Waals surface area contributed by atoms with Crippen LogP contribution in [0.5, 0.6) is 5.75 Å². The van der Waals surface area contributed by atoms with Gasteiger partial charge in [0.15, 0.2) is 0 Å². The minimum absolute atomic E-state index is 0.236. The number of carbonyl (C=O) groups excluding carboxylic acids is 1. The SMILES string of the molecule is COc1cccc(C(C)(C)c2cccc(NC(=O)OC(C)(C)C)c2)c1. The summed E-state index contributed by atoms with van der Waals surface area (Å²) in [5.74, 6) is 0.827. The normalized spacial score (nSPS) is 11.8. The fourth-order valence-corrected chi connectivity index (χ4v) is 2.59. The summed E-state index contributed by atoms with van der Waals surface area (Å²) in [4.78, 5) is 12.0. The number of nitrogens with one attached hydrogen (secondary N) is 1. The monoisotopic (exact) mass is 341 g/mol. The highest BCUT2D eigenvalue weighted by molar-refractivity contribution is 5.85. The van der Waals surface area contributed by atoms with Gasteiger partial charge in [0, 0.05) is 11.1 Å². The van der Waals surface area contributed by atoms with Crippen LogP contribution in [0.25, 0.3) is 0 Å². The smallest absolute Gasteiger partial charge is 0.412 e. The van der Waals surface area contributed by atoms with Gasteiger partial charge < -0.3 is 9.47 Å². The lowest BCUT2D eigenvalue weighted by molar-refractivity contribution is 0.0636. The third kappa shape index (κ3) is 4.99. The van der Waals surface area contributed by atoms with Crippen molar-refractivity contribution in [3.8, 4) is 5.75 Å². The van der Waals surface area contributed by atoms with Crippen LogP contribution in [0.3, 0.4) is 0 Å². The number of hydrogen-bond acceptors (Lipinski definition) is 3. The Morgan fingerprint density at radius 2 is 1.52 bits per heavy atom. The summed E-state index contributed by atoms with van der Waals surface area (Å²) in [6.45, 7) is 9.82. The van der Waals surface area contributed by atoms with Crippen LogP contribution < -0.4 is 10.1 Å². The summed E-state index contributed by atoms with van der Waals surface area (Å²) >= 11 is 0. The van der Waals surface area contributed by atoms with E-state index >= 15 is 0 Å². The van der Waals surface area contributed by atoms with Gasteiger partial charge in [0.2, 0.25) is 0 Å². The van der Waals surface area contributed by atoms with Crippen LogP contribution in [0.2, 0.25) is 0 Å². The number of benzene rings is 2. The van der Waals surface area contributed by atoms with E-state index in [1.54, 1.807) is 7.11 Å². The fourth-order valence-electron chi connectivity index (χ4n) is 2.59. The first-order valence-corrected chi connectivity index (χ1v) is 8.37. The van der Waals surface area contributed by atoms with Crippen LogP contribution in [-0.4, -0.2) is 18.8 Å². The van der Waals surface area contributed by atoms with Crippen molar-refractivity contribution in [2.75, 3.05) is 12.4 Å². The van der Waals surface area contributed by atoms with E-state index in [4.69, 9.17) is 9.47 Å². The molecule has 0 aliphatic heterocycles. The summed E-state index contributed by atoms with van der Waals surface area (Å²) < 4.78 is 10.7. The second-order valence-electron chi connectivity index (χ2n) is 7.56. The quantitative estimate of drug-likeness (QED) is 0.813. The maximum atomic E-state index is 12.0. The molecule has 4 nitrogen and oxygen atoms in total. The van der Waals surface area contributed by atoms with Crippen LogP contribution in [-0.2, 0) is 10.2 Å². The number of ether oxygens (including phenoxy) is 2. The van der Waals surface area contributed by atoms with Crippen molar-refractivity contribution in [2.45, 2.75) is 45.6 Å². The third-order valence-electron chi connectivity index (χ3n) is 4.02. The van der Waals surface area contributed by atoms with Crippen molar-refractivity contribution in [2.24, 2.45) is 0 Å². The van der Waals surface area contributed by atoms with E-state index in [1.807, 2.05) is 57.2 Å². The predicted octanol–water partition coefficient (Wildman–Crippen LogP) is 5.37. The summed E-state index contributed by atoms with van der Waals surface area (Å²) in [5.41, 5.74) is 2.18. The molecule has 2 aromatic carbocycles. The van der Waals surface area contributed by atoms with E-state index in [0.29, 0.717) is 5.69 Å². The molecule has 2 rings (SSSR count). The van der Waals surface area contributed by atoms with Gasteiger partial charge in [-0.25, -0.2) is 4.79 Å². The van der Waals surface area contributed by atoms with Gasteiger partial charge in [-0.1, -0.05) is 38.1 Å². The van der Waals surface area contributed by atoms with Crippen molar-refractivity contribution in [3.63, 3.8) is 0 Å². The topological polar surface area (TPSA) is 47.6 Å². The molecule has 25 heavy (non-hydrogen) atoms. The van der Waals surface area contributed by atoms with Crippen molar-refractivity contribution in [3.05, 3.63) is 59.7 Å². The van der Waals surface area contributed by atoms with Gasteiger partial charge in [-0.15, -0.1) is 0 Å². The molecule has 0 atom stereocenters. The van der Waals surface area contributed by atoms with E-state index < -0.39 is 11.7 Å². The Morgan fingerprint density at radius 3 is 2.12 bits per heavy atom. The van der Waals surface area contributed by atoms with Crippen molar-refractivity contribution in [1.29, 1.82) is 0 Å². The first-order chi connectivity index (χ1) is 11.6. The van der Waals surface area contributed by atoms with Crippen LogP contribution >= 0.6 is 0 Å². The Balaban J connectivity index is 2.26. The van der Waals surface area contributed by atoms with Gasteiger partial charge in [-0.05, 0) is 56.2 Å². The van der Waals surface area contributed by atoms with E-state index in [0.717, 1.165) is 16.9 Å². The fraction of sp³-hybridized carbons (Fsp3) is 0.381. The zero-order valence-electron chi connectivity index (χ0n) is 15.8. The van der Waals surface area contributed by atoms with Gasteiger partial charge in [-0.3, -0.25) is 5.32 Å². The average Bonchev–Trinajstić information content (AvgIpc) is 2.53. The number of methoxy groups -OCH3 is 1. The van der Waals surface area contributed by atoms with Crippen LogP contribution in [0.1, 0.15) is 45.7 Å². The lowest BCUT2D eigenvalue weighted by Gasteiger charge is -2.27. The lowest BCUT2D eigenvalue weighted by atomic mass is 9.78. The molecule has 0 saturated heterocycles. The molecule has 0 saturated carbocycles. The maximum absolute atomic E-state index is 12.0.